The second-order valence-corrected chi connectivity index (χ2v) is 1.13. The predicted octanol–water partition coefficient (Wildman–Crippen LogP) is -0.475. The van der Waals surface area contributed by atoms with Gasteiger partial charge in [-0.05, 0) is 6.92 Å². The molecular weight excluding hydrogens is 76.1 g/mol. The van der Waals surface area contributed by atoms with Crippen molar-refractivity contribution in [1.82, 2.24) is 10.6 Å². The maximum Gasteiger partial charge on any atom is 0.124 e. The van der Waals surface area contributed by atoms with Gasteiger partial charge in [0, 0.05) is 15.8 Å². The van der Waals surface area contributed by atoms with Gasteiger partial charge >= 0.3 is 0 Å². The molecule has 0 amide bonds. The van der Waals surface area contributed by atoms with E-state index in [1.165, 1.54) is 6.92 Å². The van der Waals surface area contributed by atoms with Gasteiger partial charge < -0.3 is 10.6 Å². The van der Waals surface area contributed by atoms with Crippen molar-refractivity contribution in [3.8, 4) is 0 Å². The zero-order valence-electron chi connectivity index (χ0n) is 8.60. The third-order valence-corrected chi connectivity index (χ3v) is 0.619. The summed E-state index contributed by atoms with van der Waals surface area (Å²) in [5, 5.41) is 1.24. The van der Waals surface area contributed by atoms with Gasteiger partial charge in [0.05, 0.1) is 7.51 Å². The fourth-order valence-corrected chi connectivity index (χ4v) is 0.335. The van der Waals surface area contributed by atoms with E-state index in [1.54, 1.807) is 0 Å². The first kappa shape index (κ1) is 1.20. The molecule has 1 aliphatic heterocycles. The fraction of sp³-hybridized carbons (Fsp3) is 1.00. The van der Waals surface area contributed by atoms with Gasteiger partial charge in [-0.1, -0.05) is 0 Å². The van der Waals surface area contributed by atoms with E-state index >= 15 is 0 Å². The van der Waals surface area contributed by atoms with Crippen molar-refractivity contribution in [2.45, 2.75) is 13.1 Å². The summed E-state index contributed by atoms with van der Waals surface area (Å²) in [6.45, 7) is -0.799. The van der Waals surface area contributed by atoms with Gasteiger partial charge in [-0.2, -0.15) is 0 Å². The maximum absolute atomic E-state index is 7.39. The van der Waals surface area contributed by atoms with Gasteiger partial charge in [0.25, 0.3) is 0 Å². The van der Waals surface area contributed by atoms with Crippen molar-refractivity contribution in [1.29, 1.82) is 0 Å². The van der Waals surface area contributed by atoms with Crippen LogP contribution in [0.2, 0.25) is 2.82 Å². The van der Waals surface area contributed by atoms with Gasteiger partial charge in [-0.25, -0.2) is 0 Å². The molecule has 0 radical (unpaired) electrons. The summed E-state index contributed by atoms with van der Waals surface area (Å²) >= 11 is 0. The second-order valence-electron chi connectivity index (χ2n) is 1.13. The van der Waals surface area contributed by atoms with Crippen LogP contribution in [0.5, 0.6) is 0 Å². The topological polar surface area (TPSA) is 24.1 Å². The Morgan fingerprint density at radius 2 is 3.00 bits per heavy atom. The first-order chi connectivity index (χ1) is 4.78. The summed E-state index contributed by atoms with van der Waals surface area (Å²) in [7, 11) is 0. The van der Waals surface area contributed by atoms with Crippen LogP contribution in [0, 0.1) is 0 Å². The average Bonchev–Trinajstić information content (AvgIpc) is 1.94. The molecule has 1 heterocycles. The minimum absolute atomic E-state index is 0.226. The Balaban J connectivity index is 2.89. The molecule has 0 bridgehead atoms. The Labute approximate surface area is 45.1 Å². The predicted molar refractivity (Wildman–Crippen MR) is 25.5 cm³/mol. The van der Waals surface area contributed by atoms with Crippen LogP contribution in [-0.2, 0) is 0 Å². The number of rotatable bonds is 0. The highest BCUT2D eigenvalue weighted by atomic mass is 15.2. The highest BCUT2D eigenvalue weighted by Gasteiger charge is 2.03. The Kier molecular flexibility index (Phi) is 0.316. The van der Waals surface area contributed by atoms with Crippen LogP contribution in [-0.4, -0.2) is 19.2 Å². The summed E-state index contributed by atoms with van der Waals surface area (Å²) in [6, 6.07) is 0. The van der Waals surface area contributed by atoms with Gasteiger partial charge in [0.15, 0.2) is 0 Å². The molecule has 1 rings (SSSR count). The van der Waals surface area contributed by atoms with E-state index in [1.807, 2.05) is 0 Å². The van der Waals surface area contributed by atoms with Gasteiger partial charge in [-0.15, -0.1) is 0 Å². The molecule has 0 aromatic heterocycles. The largest absolute Gasteiger partial charge is 0.301 e. The van der Waals surface area contributed by atoms with Crippen LogP contribution < -0.4 is 10.6 Å². The minimum Gasteiger partial charge on any atom is -0.301 e. The number of hydrogen-bond donors (Lipinski definition) is 2. The Morgan fingerprint density at radius 3 is 3.17 bits per heavy atom. The van der Waals surface area contributed by atoms with E-state index < -0.39 is 12.6 Å². The highest BCUT2D eigenvalue weighted by molar-refractivity contribution is 4.66. The minimum atomic E-state index is -1.89. The standard InChI is InChI=1S/C4H10N2/c1-4-5-2-3-6-4/h4-6H,2-3H2,1H3/i2D2,4D/hD2. The van der Waals surface area contributed by atoms with Crippen LogP contribution in [0.15, 0.2) is 0 Å². The van der Waals surface area contributed by atoms with Crippen molar-refractivity contribution in [2.24, 2.45) is 0 Å². The van der Waals surface area contributed by atoms with Gasteiger partial charge in [0.2, 0.25) is 0 Å². The molecule has 0 aromatic carbocycles. The molecule has 0 saturated carbocycles. The third kappa shape index (κ3) is 0.698. The normalized spacial score (nSPS) is 73.8. The third-order valence-electron chi connectivity index (χ3n) is 0.619. The number of nitrogens with one attached hydrogen (secondary N) is 2. The summed E-state index contributed by atoms with van der Waals surface area (Å²) < 4.78 is 36.1. The molecule has 1 unspecified atom stereocenters. The summed E-state index contributed by atoms with van der Waals surface area (Å²) in [5.74, 6) is 0. The van der Waals surface area contributed by atoms with Gasteiger partial charge in [0.1, 0.15) is 2.82 Å². The van der Waals surface area contributed by atoms with E-state index in [0.717, 1.165) is 5.31 Å². The van der Waals surface area contributed by atoms with Crippen LogP contribution in [0.1, 0.15) is 11.0 Å². The monoisotopic (exact) mass is 91.1 g/mol. The van der Waals surface area contributed by atoms with Crippen molar-refractivity contribution < 1.29 is 6.94 Å². The van der Waals surface area contributed by atoms with E-state index in [2.05, 4.69) is 0 Å². The van der Waals surface area contributed by atoms with Crippen LogP contribution in [0.4, 0.5) is 0 Å². The Morgan fingerprint density at radius 1 is 2.17 bits per heavy atom. The second kappa shape index (κ2) is 1.58. The van der Waals surface area contributed by atoms with Crippen LogP contribution in [0.3, 0.4) is 0 Å². The quantitative estimate of drug-likeness (QED) is 0.421. The van der Waals surface area contributed by atoms with Crippen LogP contribution >= 0.6 is 0 Å². The first-order valence-electron chi connectivity index (χ1n) is 4.24. The molecule has 2 nitrogen and oxygen atoms in total. The van der Waals surface area contributed by atoms with E-state index in [-0.39, 0.29) is 6.54 Å². The molecule has 2 heteroatoms. The van der Waals surface area contributed by atoms with Crippen LogP contribution in [0.25, 0.3) is 0 Å². The summed E-state index contributed by atoms with van der Waals surface area (Å²) in [4.78, 5) is 0. The smallest absolute Gasteiger partial charge is 0.124 e. The fourth-order valence-electron chi connectivity index (χ4n) is 0.335. The molecule has 2 N–H and O–H groups in total. The van der Waals surface area contributed by atoms with Crippen molar-refractivity contribution in [3.05, 3.63) is 0 Å². The Hall–Kier alpha value is -0.0800. The average molecular weight is 91.2 g/mol. The van der Waals surface area contributed by atoms with Crippen molar-refractivity contribution >= 4 is 0 Å². The van der Waals surface area contributed by atoms with Crippen molar-refractivity contribution in [3.63, 3.8) is 0 Å². The lowest BCUT2D eigenvalue weighted by Crippen LogP contribution is -2.26. The Bertz CT molecular complexity index is 170. The summed E-state index contributed by atoms with van der Waals surface area (Å²) in [5.41, 5.74) is 0. The zero-order valence-corrected chi connectivity index (χ0v) is 3.60. The molecule has 1 fully saturated rings. The molecule has 36 valence electrons. The maximum atomic E-state index is 7.39. The molecular formula is C4H10N2. The SMILES string of the molecule is [2H]N1CC([2H])([2H])N([2H])C1([2H])C. The lowest BCUT2D eigenvalue weighted by atomic mass is 10.6. The van der Waals surface area contributed by atoms with Gasteiger partial charge in [-0.3, -0.25) is 0 Å². The van der Waals surface area contributed by atoms with E-state index in [9.17, 15) is 0 Å². The first-order valence-corrected chi connectivity index (χ1v) is 1.84. The molecule has 1 aliphatic rings. The molecule has 6 heavy (non-hydrogen) atoms. The van der Waals surface area contributed by atoms with Crippen molar-refractivity contribution in [2.75, 3.05) is 13.0 Å². The zero-order chi connectivity index (χ0) is 8.86. The molecule has 0 spiro atoms. The molecule has 1 saturated heterocycles. The molecule has 1 atom stereocenters. The molecule has 0 aromatic rings. The lowest BCUT2D eigenvalue weighted by Gasteiger charge is -1.97. The highest BCUT2D eigenvalue weighted by Crippen LogP contribution is 1.78. The van der Waals surface area contributed by atoms with E-state index in [0.29, 0.717) is 5.31 Å². The number of hydrogen-bond acceptors (Lipinski definition) is 2. The molecule has 0 aliphatic carbocycles. The van der Waals surface area contributed by atoms with E-state index in [4.69, 9.17) is 6.94 Å². The summed E-state index contributed by atoms with van der Waals surface area (Å²) in [6.07, 6.45) is -1.58. The lowest BCUT2D eigenvalue weighted by molar-refractivity contribution is 0.606.